The van der Waals surface area contributed by atoms with E-state index in [1.54, 1.807) is 6.07 Å². The van der Waals surface area contributed by atoms with Crippen LogP contribution in [0.2, 0.25) is 0 Å². The highest BCUT2D eigenvalue weighted by Crippen LogP contribution is 2.15. The Balaban J connectivity index is 2.18. The fraction of sp³-hybridized carbons (Fsp3) is 0. The van der Waals surface area contributed by atoms with E-state index in [1.165, 1.54) is 6.07 Å². The average molecular weight is 304 g/mol. The Morgan fingerprint density at radius 1 is 0.955 bits per heavy atom. The van der Waals surface area contributed by atoms with Crippen molar-refractivity contribution in [2.75, 3.05) is 5.32 Å². The molecular weight excluding hydrogens is 297 g/mol. The maximum Gasteiger partial charge on any atom is 0.296 e. The predicted octanol–water partition coefficient (Wildman–Crippen LogP) is 2.80. The molecule has 1 N–H and O–H groups in total. The van der Waals surface area contributed by atoms with E-state index in [0.717, 1.165) is 24.3 Å². The van der Waals surface area contributed by atoms with Crippen LogP contribution in [0.4, 0.5) is 18.9 Å². The first-order chi connectivity index (χ1) is 10.4. The van der Waals surface area contributed by atoms with Crippen LogP contribution in [0.5, 0.6) is 0 Å². The van der Waals surface area contributed by atoms with Crippen molar-refractivity contribution in [2.45, 2.75) is 0 Å². The number of Topliss-reactive ketones (excluding diaryl/α,β-unsaturated/α-hetero) is 1. The lowest BCUT2D eigenvalue weighted by molar-refractivity contribution is -0.112. The molecular formula is C15H7F3N2O2. The molecule has 0 saturated carbocycles. The van der Waals surface area contributed by atoms with Crippen molar-refractivity contribution in [3.05, 3.63) is 65.0 Å². The molecule has 0 atom stereocenters. The fourth-order valence-electron chi connectivity index (χ4n) is 1.64. The van der Waals surface area contributed by atoms with Gasteiger partial charge in [-0.1, -0.05) is 0 Å². The number of amides is 1. The highest BCUT2D eigenvalue weighted by atomic mass is 19.2. The summed E-state index contributed by atoms with van der Waals surface area (Å²) in [5.74, 6) is -5.52. The minimum atomic E-state index is -1.26. The third-order valence-electron chi connectivity index (χ3n) is 2.74. The van der Waals surface area contributed by atoms with E-state index in [-0.39, 0.29) is 16.8 Å². The van der Waals surface area contributed by atoms with Gasteiger partial charge < -0.3 is 5.32 Å². The van der Waals surface area contributed by atoms with Gasteiger partial charge in [-0.05, 0) is 36.4 Å². The summed E-state index contributed by atoms with van der Waals surface area (Å²) in [4.78, 5) is 23.5. The summed E-state index contributed by atoms with van der Waals surface area (Å²) in [6, 6.07) is 7.11. The number of hydrogen-bond donors (Lipinski definition) is 1. The average Bonchev–Trinajstić information content (AvgIpc) is 2.49. The van der Waals surface area contributed by atoms with E-state index in [4.69, 9.17) is 5.26 Å². The van der Waals surface area contributed by atoms with E-state index in [2.05, 4.69) is 5.32 Å². The van der Waals surface area contributed by atoms with Gasteiger partial charge in [-0.3, -0.25) is 9.59 Å². The second-order valence-corrected chi connectivity index (χ2v) is 4.22. The largest absolute Gasteiger partial charge is 0.319 e. The molecule has 4 nitrogen and oxygen atoms in total. The fourth-order valence-corrected chi connectivity index (χ4v) is 1.64. The molecule has 7 heteroatoms. The minimum Gasteiger partial charge on any atom is -0.319 e. The lowest BCUT2D eigenvalue weighted by Crippen LogP contribution is -2.23. The van der Waals surface area contributed by atoms with Gasteiger partial charge in [0.25, 0.3) is 11.7 Å². The van der Waals surface area contributed by atoms with Crippen molar-refractivity contribution in [3.8, 4) is 6.07 Å². The maximum atomic E-state index is 13.4. The molecule has 0 radical (unpaired) electrons. The molecule has 0 spiro atoms. The smallest absolute Gasteiger partial charge is 0.296 e. The van der Waals surface area contributed by atoms with Gasteiger partial charge in [-0.25, -0.2) is 13.2 Å². The Labute approximate surface area is 122 Å². The molecule has 0 saturated heterocycles. The van der Waals surface area contributed by atoms with E-state index in [0.29, 0.717) is 6.07 Å². The summed E-state index contributed by atoms with van der Waals surface area (Å²) in [6.07, 6.45) is 0. The van der Waals surface area contributed by atoms with E-state index >= 15 is 0 Å². The molecule has 2 aromatic rings. The van der Waals surface area contributed by atoms with Crippen LogP contribution < -0.4 is 5.32 Å². The van der Waals surface area contributed by atoms with Gasteiger partial charge in [0.1, 0.15) is 11.9 Å². The summed E-state index contributed by atoms with van der Waals surface area (Å²) in [5, 5.41) is 10.7. The number of nitrogens with one attached hydrogen (secondary N) is 1. The van der Waals surface area contributed by atoms with Crippen LogP contribution in [0.15, 0.2) is 36.4 Å². The molecule has 0 aromatic heterocycles. The quantitative estimate of drug-likeness (QED) is 0.700. The van der Waals surface area contributed by atoms with Gasteiger partial charge in [0.2, 0.25) is 0 Å². The first-order valence-corrected chi connectivity index (χ1v) is 5.92. The molecule has 0 bridgehead atoms. The van der Waals surface area contributed by atoms with Gasteiger partial charge in [0.15, 0.2) is 11.6 Å². The molecule has 2 aromatic carbocycles. The zero-order valence-electron chi connectivity index (χ0n) is 10.9. The first kappa shape index (κ1) is 15.3. The normalized spacial score (nSPS) is 9.91. The summed E-state index contributed by atoms with van der Waals surface area (Å²) in [5.41, 5.74) is -0.604. The number of anilines is 1. The van der Waals surface area contributed by atoms with Crippen LogP contribution in [0.3, 0.4) is 0 Å². The first-order valence-electron chi connectivity index (χ1n) is 5.92. The lowest BCUT2D eigenvalue weighted by atomic mass is 10.1. The molecule has 22 heavy (non-hydrogen) atoms. The zero-order chi connectivity index (χ0) is 16.3. The van der Waals surface area contributed by atoms with Gasteiger partial charge in [-0.2, -0.15) is 5.26 Å². The molecule has 2 rings (SSSR count). The lowest BCUT2D eigenvalue weighted by Gasteiger charge is -2.05. The number of benzene rings is 2. The molecule has 1 amide bonds. The van der Waals surface area contributed by atoms with Crippen LogP contribution in [-0.4, -0.2) is 11.7 Å². The van der Waals surface area contributed by atoms with Gasteiger partial charge >= 0.3 is 0 Å². The molecule has 0 fully saturated rings. The number of nitriles is 1. The minimum absolute atomic E-state index is 0.0440. The van der Waals surface area contributed by atoms with E-state index < -0.39 is 29.1 Å². The van der Waals surface area contributed by atoms with E-state index in [1.807, 2.05) is 0 Å². The molecule has 0 aliphatic heterocycles. The van der Waals surface area contributed by atoms with Gasteiger partial charge in [0.05, 0.1) is 5.56 Å². The Bertz CT molecular complexity index is 813. The Hall–Kier alpha value is -3.14. The third-order valence-corrected chi connectivity index (χ3v) is 2.74. The maximum absolute atomic E-state index is 13.4. The highest BCUT2D eigenvalue weighted by molar-refractivity contribution is 6.46. The van der Waals surface area contributed by atoms with Crippen LogP contribution in [-0.2, 0) is 4.79 Å². The molecule has 0 aliphatic carbocycles. The second kappa shape index (κ2) is 6.10. The van der Waals surface area contributed by atoms with Crippen molar-refractivity contribution in [1.29, 1.82) is 5.26 Å². The number of rotatable bonds is 3. The zero-order valence-corrected chi connectivity index (χ0v) is 10.9. The Morgan fingerprint density at radius 3 is 2.27 bits per heavy atom. The summed E-state index contributed by atoms with van der Waals surface area (Å²) in [7, 11) is 0. The molecule has 0 heterocycles. The second-order valence-electron chi connectivity index (χ2n) is 4.22. The predicted molar refractivity (Wildman–Crippen MR) is 70.4 cm³/mol. The van der Waals surface area contributed by atoms with Gasteiger partial charge in [-0.15, -0.1) is 0 Å². The van der Waals surface area contributed by atoms with E-state index in [9.17, 15) is 22.8 Å². The number of ketones is 1. The molecule has 0 unspecified atom stereocenters. The monoisotopic (exact) mass is 304 g/mol. The number of nitrogens with zero attached hydrogens (tertiary/aromatic N) is 1. The van der Waals surface area contributed by atoms with Crippen LogP contribution in [0.25, 0.3) is 0 Å². The van der Waals surface area contributed by atoms with Crippen molar-refractivity contribution in [2.24, 2.45) is 0 Å². The Kier molecular flexibility index (Phi) is 4.23. The van der Waals surface area contributed by atoms with Crippen molar-refractivity contribution >= 4 is 17.4 Å². The van der Waals surface area contributed by atoms with Crippen molar-refractivity contribution in [1.82, 2.24) is 0 Å². The molecule has 0 aliphatic rings. The highest BCUT2D eigenvalue weighted by Gasteiger charge is 2.18. The number of carbonyl (C=O) groups is 2. The Morgan fingerprint density at radius 2 is 1.68 bits per heavy atom. The van der Waals surface area contributed by atoms with Crippen molar-refractivity contribution in [3.63, 3.8) is 0 Å². The van der Waals surface area contributed by atoms with Crippen LogP contribution in [0.1, 0.15) is 15.9 Å². The van der Waals surface area contributed by atoms with Crippen LogP contribution in [0, 0.1) is 28.8 Å². The van der Waals surface area contributed by atoms with Gasteiger partial charge in [0, 0.05) is 11.3 Å². The standard InChI is InChI=1S/C15H7F3N2O2/c16-11-4-2-8(5-13(11)18)14(21)15(22)20-10-3-1-9(7-19)12(17)6-10/h1-6H,(H,20,22). The number of halogens is 3. The van der Waals surface area contributed by atoms with Crippen LogP contribution >= 0.6 is 0 Å². The number of hydrogen-bond acceptors (Lipinski definition) is 3. The summed E-state index contributed by atoms with van der Waals surface area (Å²) in [6.45, 7) is 0. The summed E-state index contributed by atoms with van der Waals surface area (Å²) < 4.78 is 39.2. The third kappa shape index (κ3) is 3.12. The van der Waals surface area contributed by atoms with Crippen molar-refractivity contribution < 1.29 is 22.8 Å². The SMILES string of the molecule is N#Cc1ccc(NC(=O)C(=O)c2ccc(F)c(F)c2)cc1F. The summed E-state index contributed by atoms with van der Waals surface area (Å²) >= 11 is 0. The topological polar surface area (TPSA) is 70.0 Å². The molecule has 110 valence electrons. The number of carbonyl (C=O) groups excluding carboxylic acids is 2.